The van der Waals surface area contributed by atoms with Gasteiger partial charge in [0.1, 0.15) is 5.75 Å². The van der Waals surface area contributed by atoms with E-state index in [1.165, 1.54) is 7.11 Å². The van der Waals surface area contributed by atoms with Crippen molar-refractivity contribution in [2.24, 2.45) is 5.73 Å². The molecule has 5 heteroatoms. The van der Waals surface area contributed by atoms with Crippen molar-refractivity contribution in [2.45, 2.75) is 4.90 Å². The van der Waals surface area contributed by atoms with Gasteiger partial charge in [-0.15, -0.1) is 0 Å². The number of carbonyl (C=O) groups excluding carboxylic acids is 1. The number of halogens is 1. The number of hydrogen-bond donors (Lipinski definition) is 1. The molecule has 1 aromatic carbocycles. The van der Waals surface area contributed by atoms with Crippen molar-refractivity contribution in [1.82, 2.24) is 0 Å². The Hall–Kier alpha value is -0.870. The van der Waals surface area contributed by atoms with Crippen LogP contribution in [0.15, 0.2) is 23.1 Å². The fraction of sp³-hybridized carbons (Fsp3) is 0.125. The molecule has 1 rings (SSSR count). The first-order valence-electron chi connectivity index (χ1n) is 3.43. The number of carbonyl (C=O) groups is 1. The van der Waals surface area contributed by atoms with Gasteiger partial charge >= 0.3 is 0 Å². The molecule has 0 aliphatic rings. The number of methoxy groups -OCH3 is 1. The molecule has 0 atom stereocenters. The average molecular weight is 218 g/mol. The highest BCUT2D eigenvalue weighted by Crippen LogP contribution is 2.27. The summed E-state index contributed by atoms with van der Waals surface area (Å²) in [7, 11) is 1.53. The minimum atomic E-state index is -0.468. The molecular formula is C8H8ClNO2S. The third kappa shape index (κ3) is 3.16. The van der Waals surface area contributed by atoms with Gasteiger partial charge in [-0.25, -0.2) is 0 Å². The van der Waals surface area contributed by atoms with Crippen molar-refractivity contribution in [3.05, 3.63) is 23.2 Å². The van der Waals surface area contributed by atoms with Crippen molar-refractivity contribution in [3.8, 4) is 5.75 Å². The summed E-state index contributed by atoms with van der Waals surface area (Å²) in [6.07, 6.45) is 0. The first kappa shape index (κ1) is 10.2. The summed E-state index contributed by atoms with van der Waals surface area (Å²) >= 11 is 6.68. The molecule has 1 aromatic rings. The van der Waals surface area contributed by atoms with Crippen molar-refractivity contribution in [2.75, 3.05) is 7.11 Å². The van der Waals surface area contributed by atoms with E-state index in [9.17, 15) is 4.79 Å². The molecule has 0 fully saturated rings. The monoisotopic (exact) mass is 217 g/mol. The highest BCUT2D eigenvalue weighted by molar-refractivity contribution is 8.13. The van der Waals surface area contributed by atoms with E-state index < -0.39 is 5.24 Å². The Bertz CT molecular complexity index is 330. The maximum atomic E-state index is 10.6. The molecule has 0 unspecified atom stereocenters. The number of hydrogen-bond acceptors (Lipinski definition) is 3. The van der Waals surface area contributed by atoms with Gasteiger partial charge in [0.25, 0.3) is 5.24 Å². The van der Waals surface area contributed by atoms with Crippen LogP contribution in [0.2, 0.25) is 5.02 Å². The summed E-state index contributed by atoms with van der Waals surface area (Å²) in [5, 5.41) is 0.0485. The minimum absolute atomic E-state index is 0.468. The number of thioether (sulfide) groups is 1. The predicted molar refractivity (Wildman–Crippen MR) is 53.4 cm³/mol. The Morgan fingerprint density at radius 2 is 2.23 bits per heavy atom. The molecule has 0 aliphatic heterocycles. The van der Waals surface area contributed by atoms with Crippen molar-refractivity contribution in [3.63, 3.8) is 0 Å². The quantitative estimate of drug-likeness (QED) is 0.775. The second-order valence-corrected chi connectivity index (χ2v) is 3.76. The predicted octanol–water partition coefficient (Wildman–Crippen LogP) is 2.52. The number of benzene rings is 1. The van der Waals surface area contributed by atoms with Gasteiger partial charge in [0.2, 0.25) is 0 Å². The smallest absolute Gasteiger partial charge is 0.281 e. The van der Waals surface area contributed by atoms with Crippen LogP contribution in [0.25, 0.3) is 0 Å². The largest absolute Gasteiger partial charge is 0.497 e. The normalized spacial score (nSPS) is 9.69. The standard InChI is InChI=1S/C8H8ClNO2S/c1-12-6-2-5(9)3-7(4-6)13-8(10)11/h2-4H,1H3,(H2,10,11). The number of amides is 1. The summed E-state index contributed by atoms with van der Waals surface area (Å²) in [6, 6.07) is 5.01. The van der Waals surface area contributed by atoms with E-state index in [2.05, 4.69) is 0 Å². The number of primary amides is 1. The van der Waals surface area contributed by atoms with Crippen LogP contribution in [0.3, 0.4) is 0 Å². The third-order valence-electron chi connectivity index (χ3n) is 1.30. The van der Waals surface area contributed by atoms with E-state index in [4.69, 9.17) is 22.1 Å². The molecule has 0 bridgehead atoms. The zero-order valence-electron chi connectivity index (χ0n) is 6.91. The molecule has 0 radical (unpaired) electrons. The third-order valence-corrected chi connectivity index (χ3v) is 2.19. The summed E-state index contributed by atoms with van der Waals surface area (Å²) in [5.41, 5.74) is 5.01. The Morgan fingerprint density at radius 1 is 1.54 bits per heavy atom. The number of ether oxygens (including phenoxy) is 1. The average Bonchev–Trinajstić information content (AvgIpc) is 2.01. The van der Waals surface area contributed by atoms with Gasteiger partial charge in [-0.3, -0.25) is 4.79 Å². The lowest BCUT2D eigenvalue weighted by molar-refractivity contribution is 0.267. The maximum absolute atomic E-state index is 10.6. The molecule has 0 aliphatic carbocycles. The van der Waals surface area contributed by atoms with E-state index in [0.717, 1.165) is 11.8 Å². The molecule has 3 nitrogen and oxygen atoms in total. The Kier molecular flexibility index (Phi) is 3.45. The van der Waals surface area contributed by atoms with Crippen molar-refractivity contribution >= 4 is 28.6 Å². The van der Waals surface area contributed by atoms with Gasteiger partial charge in [-0.1, -0.05) is 11.6 Å². The molecule has 0 saturated carbocycles. The van der Waals surface area contributed by atoms with Crippen LogP contribution in [-0.4, -0.2) is 12.3 Å². The molecule has 0 saturated heterocycles. The maximum Gasteiger partial charge on any atom is 0.281 e. The molecule has 0 spiro atoms. The van der Waals surface area contributed by atoms with Gasteiger partial charge in [0, 0.05) is 9.92 Å². The Balaban J connectivity index is 2.94. The van der Waals surface area contributed by atoms with Crippen molar-refractivity contribution < 1.29 is 9.53 Å². The van der Waals surface area contributed by atoms with E-state index in [1.54, 1.807) is 18.2 Å². The zero-order chi connectivity index (χ0) is 9.84. The van der Waals surface area contributed by atoms with Gasteiger partial charge in [0.15, 0.2) is 0 Å². The van der Waals surface area contributed by atoms with E-state index >= 15 is 0 Å². The summed E-state index contributed by atoms with van der Waals surface area (Å²) in [6.45, 7) is 0. The molecule has 0 heterocycles. The molecule has 13 heavy (non-hydrogen) atoms. The van der Waals surface area contributed by atoms with Crippen LogP contribution in [-0.2, 0) is 0 Å². The van der Waals surface area contributed by atoms with Gasteiger partial charge in [0.05, 0.1) is 7.11 Å². The van der Waals surface area contributed by atoms with E-state index in [1.807, 2.05) is 0 Å². The lowest BCUT2D eigenvalue weighted by Gasteiger charge is -2.03. The topological polar surface area (TPSA) is 52.3 Å². The fourth-order valence-electron chi connectivity index (χ4n) is 0.830. The van der Waals surface area contributed by atoms with Crippen LogP contribution in [0.4, 0.5) is 4.79 Å². The second-order valence-electron chi connectivity index (χ2n) is 2.25. The second kappa shape index (κ2) is 4.39. The van der Waals surface area contributed by atoms with Crippen LogP contribution >= 0.6 is 23.4 Å². The number of nitrogens with two attached hydrogens (primary N) is 1. The molecule has 70 valence electrons. The van der Waals surface area contributed by atoms with Gasteiger partial charge in [-0.05, 0) is 30.0 Å². The van der Waals surface area contributed by atoms with E-state index in [0.29, 0.717) is 15.7 Å². The Labute approximate surface area is 85.2 Å². The lowest BCUT2D eigenvalue weighted by Crippen LogP contribution is -2.01. The van der Waals surface area contributed by atoms with Gasteiger partial charge < -0.3 is 10.5 Å². The van der Waals surface area contributed by atoms with Crippen molar-refractivity contribution in [1.29, 1.82) is 0 Å². The molecular weight excluding hydrogens is 210 g/mol. The SMILES string of the molecule is COc1cc(Cl)cc(SC(N)=O)c1. The first-order valence-corrected chi connectivity index (χ1v) is 4.63. The Morgan fingerprint density at radius 3 is 2.77 bits per heavy atom. The van der Waals surface area contributed by atoms with Crippen LogP contribution < -0.4 is 10.5 Å². The van der Waals surface area contributed by atoms with Crippen LogP contribution in [0, 0.1) is 0 Å². The number of rotatable bonds is 2. The highest BCUT2D eigenvalue weighted by atomic mass is 35.5. The summed E-state index contributed by atoms with van der Waals surface area (Å²) in [4.78, 5) is 11.3. The minimum Gasteiger partial charge on any atom is -0.497 e. The molecule has 0 aromatic heterocycles. The molecule has 1 amide bonds. The van der Waals surface area contributed by atoms with Crippen LogP contribution in [0.1, 0.15) is 0 Å². The first-order chi connectivity index (χ1) is 6.11. The van der Waals surface area contributed by atoms with Crippen LogP contribution in [0.5, 0.6) is 5.75 Å². The summed E-state index contributed by atoms with van der Waals surface area (Å²) < 4.78 is 4.97. The molecule has 2 N–H and O–H groups in total. The lowest BCUT2D eigenvalue weighted by atomic mass is 10.3. The highest BCUT2D eigenvalue weighted by Gasteiger charge is 2.03. The zero-order valence-corrected chi connectivity index (χ0v) is 8.48. The van der Waals surface area contributed by atoms with Gasteiger partial charge in [-0.2, -0.15) is 0 Å². The van der Waals surface area contributed by atoms with E-state index in [-0.39, 0.29) is 0 Å². The summed E-state index contributed by atoms with van der Waals surface area (Å²) in [5.74, 6) is 0.608. The fourth-order valence-corrected chi connectivity index (χ4v) is 1.71.